The van der Waals surface area contributed by atoms with E-state index in [9.17, 15) is 22.8 Å². The zero-order valence-corrected chi connectivity index (χ0v) is 20.1. The third kappa shape index (κ3) is 6.21. The average Bonchev–Trinajstić information content (AvgIpc) is 2.71. The van der Waals surface area contributed by atoms with Crippen molar-refractivity contribution in [2.75, 3.05) is 26.7 Å². The molecule has 0 aliphatic carbocycles. The maximum absolute atomic E-state index is 13.8. The first-order valence-electron chi connectivity index (χ1n) is 11.0. The number of amides is 3. The molecule has 9 heteroatoms. The number of ether oxygens (including phenoxy) is 1. The van der Waals surface area contributed by atoms with Crippen molar-refractivity contribution < 1.29 is 27.5 Å². The molecule has 1 fully saturated rings. The molecule has 0 bridgehead atoms. The zero-order chi connectivity index (χ0) is 25.2. The lowest BCUT2D eigenvalue weighted by molar-refractivity contribution is 0.00675. The summed E-state index contributed by atoms with van der Waals surface area (Å²) in [7, 11) is 1.54. The van der Waals surface area contributed by atoms with Gasteiger partial charge in [-0.05, 0) is 68.7 Å². The largest absolute Gasteiger partial charge is 0.444 e. The fraction of sp³-hybridized carbons (Fsp3) is 0.440. The molecule has 0 saturated carbocycles. The molecule has 1 aliphatic heterocycles. The molecular formula is C25H30F3N3O3. The highest BCUT2D eigenvalue weighted by molar-refractivity contribution is 5.76. The average molecular weight is 478 g/mol. The van der Waals surface area contributed by atoms with E-state index in [4.69, 9.17) is 4.74 Å². The second-order valence-electron chi connectivity index (χ2n) is 9.55. The third-order valence-electron chi connectivity index (χ3n) is 5.54. The second kappa shape index (κ2) is 9.95. The van der Waals surface area contributed by atoms with Gasteiger partial charge in [-0.25, -0.2) is 22.8 Å². The number of hydrogen-bond acceptors (Lipinski definition) is 3. The molecule has 0 spiro atoms. The first-order valence-corrected chi connectivity index (χ1v) is 11.0. The molecule has 184 valence electrons. The predicted molar refractivity (Wildman–Crippen MR) is 122 cm³/mol. The van der Waals surface area contributed by atoms with Gasteiger partial charge in [0.05, 0.1) is 6.04 Å². The van der Waals surface area contributed by atoms with Crippen LogP contribution >= 0.6 is 0 Å². The minimum atomic E-state index is -0.721. The predicted octanol–water partition coefficient (Wildman–Crippen LogP) is 5.26. The summed E-state index contributed by atoms with van der Waals surface area (Å²) in [4.78, 5) is 30.6. The van der Waals surface area contributed by atoms with Gasteiger partial charge in [-0.1, -0.05) is 6.07 Å². The van der Waals surface area contributed by atoms with Crippen molar-refractivity contribution in [3.05, 3.63) is 70.5 Å². The van der Waals surface area contributed by atoms with E-state index < -0.39 is 35.2 Å². The minimum Gasteiger partial charge on any atom is -0.444 e. The molecule has 0 radical (unpaired) electrons. The first kappa shape index (κ1) is 25.4. The van der Waals surface area contributed by atoms with E-state index >= 15 is 0 Å². The van der Waals surface area contributed by atoms with Gasteiger partial charge >= 0.3 is 12.1 Å². The van der Waals surface area contributed by atoms with Crippen molar-refractivity contribution in [3.8, 4) is 0 Å². The fourth-order valence-electron chi connectivity index (χ4n) is 4.05. The number of piperazine rings is 1. The van der Waals surface area contributed by atoms with Crippen LogP contribution in [-0.2, 0) is 11.3 Å². The van der Waals surface area contributed by atoms with Gasteiger partial charge in [-0.3, -0.25) is 0 Å². The van der Waals surface area contributed by atoms with Gasteiger partial charge in [0.25, 0.3) is 0 Å². The number of nitrogens with zero attached hydrogens (tertiary/aromatic N) is 3. The number of halogens is 3. The Labute approximate surface area is 197 Å². The Morgan fingerprint density at radius 1 is 1.03 bits per heavy atom. The van der Waals surface area contributed by atoms with E-state index in [0.717, 1.165) is 6.07 Å². The minimum absolute atomic E-state index is 0.00505. The van der Waals surface area contributed by atoms with Gasteiger partial charge in [-0.15, -0.1) is 0 Å². The molecule has 3 rings (SSSR count). The van der Waals surface area contributed by atoms with Crippen LogP contribution in [0.5, 0.6) is 0 Å². The molecule has 1 aliphatic rings. The topological polar surface area (TPSA) is 53.1 Å². The van der Waals surface area contributed by atoms with Crippen LogP contribution in [-0.4, -0.2) is 59.1 Å². The SMILES string of the molecule is Cc1cc(F)ccc1[C@H]1CN(C(=O)OC(C)(C)C)CCN1C(=O)N(C)Cc1cc(F)cc(F)c1. The van der Waals surface area contributed by atoms with Crippen LogP contribution in [0.1, 0.15) is 43.5 Å². The first-order chi connectivity index (χ1) is 15.8. The van der Waals surface area contributed by atoms with Crippen LogP contribution in [0, 0.1) is 24.4 Å². The van der Waals surface area contributed by atoms with Gasteiger partial charge in [0.15, 0.2) is 0 Å². The molecule has 34 heavy (non-hydrogen) atoms. The quantitative estimate of drug-likeness (QED) is 0.606. The van der Waals surface area contributed by atoms with Crippen molar-refractivity contribution in [3.63, 3.8) is 0 Å². The van der Waals surface area contributed by atoms with Crippen LogP contribution in [0.25, 0.3) is 0 Å². The zero-order valence-electron chi connectivity index (χ0n) is 20.1. The van der Waals surface area contributed by atoms with Crippen molar-refractivity contribution >= 4 is 12.1 Å². The maximum Gasteiger partial charge on any atom is 0.410 e. The van der Waals surface area contributed by atoms with E-state index in [1.165, 1.54) is 34.1 Å². The molecule has 3 amide bonds. The molecule has 0 unspecified atom stereocenters. The summed E-state index contributed by atoms with van der Waals surface area (Å²) in [6.07, 6.45) is -0.493. The maximum atomic E-state index is 13.8. The molecule has 0 N–H and O–H groups in total. The number of benzene rings is 2. The second-order valence-corrected chi connectivity index (χ2v) is 9.55. The van der Waals surface area contributed by atoms with Crippen LogP contribution in [0.4, 0.5) is 22.8 Å². The summed E-state index contributed by atoms with van der Waals surface area (Å²) < 4.78 is 46.5. The number of rotatable bonds is 3. The van der Waals surface area contributed by atoms with E-state index in [-0.39, 0.29) is 32.2 Å². The Bertz CT molecular complexity index is 1050. The molecule has 1 atom stereocenters. The lowest BCUT2D eigenvalue weighted by Gasteiger charge is -2.43. The summed E-state index contributed by atoms with van der Waals surface area (Å²) in [6.45, 7) is 7.68. The number of urea groups is 1. The number of carbonyl (C=O) groups excluding carboxylic acids is 2. The Morgan fingerprint density at radius 3 is 2.26 bits per heavy atom. The summed E-state index contributed by atoms with van der Waals surface area (Å²) >= 11 is 0. The molecule has 1 saturated heterocycles. The third-order valence-corrected chi connectivity index (χ3v) is 5.54. The standard InChI is InChI=1S/C25H30F3N3O3/c1-16-10-18(26)6-7-21(16)22-15-30(24(33)34-25(2,3)4)8-9-31(22)23(32)29(5)14-17-11-19(27)13-20(28)12-17/h6-7,10-13,22H,8-9,14-15H2,1-5H3/t22-/m1/s1. The molecular weight excluding hydrogens is 447 g/mol. The van der Waals surface area contributed by atoms with Crippen LogP contribution < -0.4 is 0 Å². The Kier molecular flexibility index (Phi) is 7.43. The molecule has 6 nitrogen and oxygen atoms in total. The summed E-state index contributed by atoms with van der Waals surface area (Å²) in [5.74, 6) is -1.84. The summed E-state index contributed by atoms with van der Waals surface area (Å²) in [5, 5.41) is 0. The van der Waals surface area contributed by atoms with Crippen molar-refractivity contribution in [1.82, 2.24) is 14.7 Å². The number of carbonyl (C=O) groups is 2. The van der Waals surface area contributed by atoms with Crippen molar-refractivity contribution in [1.29, 1.82) is 0 Å². The van der Waals surface area contributed by atoms with Crippen molar-refractivity contribution in [2.24, 2.45) is 0 Å². The fourth-order valence-corrected chi connectivity index (χ4v) is 4.05. The van der Waals surface area contributed by atoms with E-state index in [0.29, 0.717) is 16.7 Å². The highest BCUT2D eigenvalue weighted by atomic mass is 19.1. The van der Waals surface area contributed by atoms with E-state index in [1.807, 2.05) is 0 Å². The molecule has 1 heterocycles. The van der Waals surface area contributed by atoms with Gasteiger partial charge in [-0.2, -0.15) is 0 Å². The van der Waals surface area contributed by atoms with E-state index in [2.05, 4.69) is 0 Å². The Hall–Kier alpha value is -3.23. The summed E-state index contributed by atoms with van der Waals surface area (Å²) in [6, 6.07) is 6.50. The lowest BCUT2D eigenvalue weighted by Crippen LogP contribution is -2.55. The van der Waals surface area contributed by atoms with E-state index in [1.54, 1.807) is 45.7 Å². The monoisotopic (exact) mass is 477 g/mol. The van der Waals surface area contributed by atoms with Crippen molar-refractivity contribution in [2.45, 2.75) is 45.9 Å². The number of hydrogen-bond donors (Lipinski definition) is 0. The van der Waals surface area contributed by atoms with Gasteiger partial charge in [0.1, 0.15) is 23.1 Å². The number of aryl methyl sites for hydroxylation is 1. The summed E-state index contributed by atoms with van der Waals surface area (Å²) in [5.41, 5.74) is 0.985. The Morgan fingerprint density at radius 2 is 1.68 bits per heavy atom. The smallest absolute Gasteiger partial charge is 0.410 e. The van der Waals surface area contributed by atoms with Gasteiger partial charge in [0.2, 0.25) is 0 Å². The van der Waals surface area contributed by atoms with Crippen LogP contribution in [0.2, 0.25) is 0 Å². The normalized spacial score (nSPS) is 16.4. The van der Waals surface area contributed by atoms with Crippen LogP contribution in [0.15, 0.2) is 36.4 Å². The van der Waals surface area contributed by atoms with Crippen LogP contribution in [0.3, 0.4) is 0 Å². The molecule has 2 aromatic rings. The molecule has 2 aromatic carbocycles. The highest BCUT2D eigenvalue weighted by Gasteiger charge is 2.37. The Balaban J connectivity index is 1.86. The molecule has 0 aromatic heterocycles. The highest BCUT2D eigenvalue weighted by Crippen LogP contribution is 2.30. The van der Waals surface area contributed by atoms with Gasteiger partial charge in [0, 0.05) is 39.3 Å². The van der Waals surface area contributed by atoms with Gasteiger partial charge < -0.3 is 19.4 Å². The lowest BCUT2D eigenvalue weighted by atomic mass is 9.97.